The summed E-state index contributed by atoms with van der Waals surface area (Å²) in [5, 5.41) is 9.21. The molecule has 0 atom stereocenters. The molecule has 0 bridgehead atoms. The lowest BCUT2D eigenvalue weighted by Gasteiger charge is -2.03. The van der Waals surface area contributed by atoms with E-state index in [-0.39, 0.29) is 11.8 Å². The molecule has 1 heterocycles. The Labute approximate surface area is 87.2 Å². The largest absolute Gasteiger partial charge is 0.508 e. The first-order valence-corrected chi connectivity index (χ1v) is 4.49. The maximum atomic E-state index is 9.21. The van der Waals surface area contributed by atoms with Crippen molar-refractivity contribution < 1.29 is 9.84 Å². The van der Waals surface area contributed by atoms with Crippen molar-refractivity contribution in [3.63, 3.8) is 0 Å². The second-order valence-corrected chi connectivity index (χ2v) is 3.14. The molecule has 4 heteroatoms. The maximum Gasteiger partial charge on any atom is 0.321 e. The number of phenolic OH excluding ortho intramolecular Hbond substituents is 1. The van der Waals surface area contributed by atoms with Crippen LogP contribution in [0.15, 0.2) is 36.7 Å². The number of aryl methyl sites for hydroxylation is 1. The van der Waals surface area contributed by atoms with E-state index in [4.69, 9.17) is 4.74 Å². The van der Waals surface area contributed by atoms with Crippen molar-refractivity contribution in [2.75, 3.05) is 0 Å². The molecule has 4 nitrogen and oxygen atoms in total. The van der Waals surface area contributed by atoms with Crippen LogP contribution in [0.3, 0.4) is 0 Å². The Bertz CT molecular complexity index is 454. The van der Waals surface area contributed by atoms with E-state index in [1.165, 1.54) is 6.07 Å². The minimum absolute atomic E-state index is 0.152. The molecule has 0 fully saturated rings. The number of rotatable bonds is 2. The van der Waals surface area contributed by atoms with Gasteiger partial charge < -0.3 is 9.84 Å². The van der Waals surface area contributed by atoms with Gasteiger partial charge in [0.25, 0.3) is 0 Å². The Morgan fingerprint density at radius 2 is 1.93 bits per heavy atom. The van der Waals surface area contributed by atoms with Gasteiger partial charge in [0.05, 0.1) is 0 Å². The molecule has 2 rings (SSSR count). The van der Waals surface area contributed by atoms with Gasteiger partial charge >= 0.3 is 6.01 Å². The highest BCUT2D eigenvalue weighted by atomic mass is 16.5. The summed E-state index contributed by atoms with van der Waals surface area (Å²) >= 11 is 0. The van der Waals surface area contributed by atoms with Crippen molar-refractivity contribution in [1.82, 2.24) is 9.97 Å². The summed E-state index contributed by atoms with van der Waals surface area (Å²) in [7, 11) is 0. The molecule has 0 saturated carbocycles. The molecule has 0 saturated heterocycles. The van der Waals surface area contributed by atoms with E-state index in [1.54, 1.807) is 30.6 Å². The summed E-state index contributed by atoms with van der Waals surface area (Å²) in [6.45, 7) is 1.90. The molecule has 15 heavy (non-hydrogen) atoms. The van der Waals surface area contributed by atoms with Gasteiger partial charge in [0, 0.05) is 18.5 Å². The molecule has 1 aromatic heterocycles. The maximum absolute atomic E-state index is 9.21. The van der Waals surface area contributed by atoms with E-state index < -0.39 is 0 Å². The van der Waals surface area contributed by atoms with E-state index in [0.29, 0.717) is 5.75 Å². The van der Waals surface area contributed by atoms with Crippen molar-refractivity contribution in [1.29, 1.82) is 0 Å². The predicted molar refractivity (Wildman–Crippen MR) is 54.9 cm³/mol. The fraction of sp³-hybridized carbons (Fsp3) is 0.0909. The first-order chi connectivity index (χ1) is 7.24. The van der Waals surface area contributed by atoms with E-state index in [2.05, 4.69) is 9.97 Å². The Balaban J connectivity index is 2.18. The third-order valence-corrected chi connectivity index (χ3v) is 1.78. The van der Waals surface area contributed by atoms with Gasteiger partial charge in [0.15, 0.2) is 0 Å². The quantitative estimate of drug-likeness (QED) is 0.811. The van der Waals surface area contributed by atoms with E-state index >= 15 is 0 Å². The van der Waals surface area contributed by atoms with Crippen LogP contribution in [0.2, 0.25) is 0 Å². The molecule has 1 aromatic carbocycles. The van der Waals surface area contributed by atoms with Crippen molar-refractivity contribution in [3.05, 3.63) is 42.2 Å². The molecule has 0 radical (unpaired) electrons. The molecule has 0 unspecified atom stereocenters. The highest BCUT2D eigenvalue weighted by molar-refractivity contribution is 5.33. The fourth-order valence-electron chi connectivity index (χ4n) is 1.09. The first kappa shape index (κ1) is 9.45. The van der Waals surface area contributed by atoms with E-state index in [9.17, 15) is 5.11 Å². The average Bonchev–Trinajstić information content (AvgIpc) is 2.22. The van der Waals surface area contributed by atoms with Gasteiger partial charge in [0.1, 0.15) is 11.5 Å². The van der Waals surface area contributed by atoms with Crippen LogP contribution in [-0.4, -0.2) is 15.1 Å². The number of benzene rings is 1. The Morgan fingerprint density at radius 1 is 1.20 bits per heavy atom. The average molecular weight is 202 g/mol. The predicted octanol–water partition coefficient (Wildman–Crippen LogP) is 2.28. The summed E-state index contributed by atoms with van der Waals surface area (Å²) in [5.74, 6) is 0.665. The summed E-state index contributed by atoms with van der Waals surface area (Å²) in [5.41, 5.74) is 0.971. The Morgan fingerprint density at radius 3 is 2.60 bits per heavy atom. The van der Waals surface area contributed by atoms with E-state index in [0.717, 1.165) is 5.56 Å². The summed E-state index contributed by atoms with van der Waals surface area (Å²) < 4.78 is 5.33. The van der Waals surface area contributed by atoms with Crippen molar-refractivity contribution in [2.24, 2.45) is 0 Å². The highest BCUT2D eigenvalue weighted by Gasteiger charge is 1.99. The number of nitrogens with zero attached hydrogens (tertiary/aromatic N) is 2. The first-order valence-electron chi connectivity index (χ1n) is 4.49. The van der Waals surface area contributed by atoms with Crippen LogP contribution in [0.5, 0.6) is 17.5 Å². The normalized spacial score (nSPS) is 9.93. The van der Waals surface area contributed by atoms with Gasteiger partial charge in [-0.05, 0) is 24.6 Å². The van der Waals surface area contributed by atoms with Gasteiger partial charge in [-0.15, -0.1) is 0 Å². The number of phenols is 1. The summed E-state index contributed by atoms with van der Waals surface area (Å²) in [6, 6.07) is 6.76. The van der Waals surface area contributed by atoms with Crippen molar-refractivity contribution >= 4 is 0 Å². The van der Waals surface area contributed by atoms with Gasteiger partial charge in [-0.2, -0.15) is 0 Å². The molecular weight excluding hydrogens is 192 g/mol. The molecule has 2 aromatic rings. The molecule has 0 amide bonds. The minimum Gasteiger partial charge on any atom is -0.508 e. The summed E-state index contributed by atoms with van der Waals surface area (Å²) in [6.07, 6.45) is 3.34. The number of aromatic nitrogens is 2. The molecule has 76 valence electrons. The van der Waals surface area contributed by atoms with Crippen LogP contribution in [-0.2, 0) is 0 Å². The number of hydrogen-bond acceptors (Lipinski definition) is 4. The second-order valence-electron chi connectivity index (χ2n) is 3.14. The lowest BCUT2D eigenvalue weighted by molar-refractivity contribution is 0.430. The second kappa shape index (κ2) is 3.96. The molecule has 0 aliphatic rings. The van der Waals surface area contributed by atoms with Crippen molar-refractivity contribution in [3.8, 4) is 17.5 Å². The zero-order valence-corrected chi connectivity index (χ0v) is 8.21. The van der Waals surface area contributed by atoms with Gasteiger partial charge in [-0.3, -0.25) is 0 Å². The van der Waals surface area contributed by atoms with Gasteiger partial charge in [0.2, 0.25) is 0 Å². The van der Waals surface area contributed by atoms with Crippen molar-refractivity contribution in [2.45, 2.75) is 6.92 Å². The monoisotopic (exact) mass is 202 g/mol. The molecule has 0 aliphatic carbocycles. The van der Waals surface area contributed by atoms with Crippen LogP contribution >= 0.6 is 0 Å². The smallest absolute Gasteiger partial charge is 0.321 e. The van der Waals surface area contributed by atoms with Gasteiger partial charge in [-0.1, -0.05) is 6.07 Å². The lowest BCUT2D eigenvalue weighted by Crippen LogP contribution is -1.91. The SMILES string of the molecule is Cc1cnc(Oc2cccc(O)c2)nc1. The van der Waals surface area contributed by atoms with Gasteiger partial charge in [-0.25, -0.2) is 9.97 Å². The highest BCUT2D eigenvalue weighted by Crippen LogP contribution is 2.21. The van der Waals surface area contributed by atoms with Crippen LogP contribution in [0.25, 0.3) is 0 Å². The third kappa shape index (κ3) is 2.43. The molecule has 1 N–H and O–H groups in total. The third-order valence-electron chi connectivity index (χ3n) is 1.78. The van der Waals surface area contributed by atoms with Crippen LogP contribution < -0.4 is 4.74 Å². The van der Waals surface area contributed by atoms with Crippen LogP contribution in [0, 0.1) is 6.92 Å². The number of aromatic hydroxyl groups is 1. The topological polar surface area (TPSA) is 55.2 Å². The number of ether oxygens (including phenoxy) is 1. The molecule has 0 spiro atoms. The fourth-order valence-corrected chi connectivity index (χ4v) is 1.09. The lowest BCUT2D eigenvalue weighted by atomic mass is 10.3. The Hall–Kier alpha value is -2.10. The number of hydrogen-bond donors (Lipinski definition) is 1. The zero-order chi connectivity index (χ0) is 10.7. The Kier molecular flexibility index (Phi) is 2.49. The standard InChI is InChI=1S/C11H10N2O2/c1-8-6-12-11(13-7-8)15-10-4-2-3-9(14)5-10/h2-7,14H,1H3. The molecular formula is C11H10N2O2. The zero-order valence-electron chi connectivity index (χ0n) is 8.21. The van der Waals surface area contributed by atoms with E-state index in [1.807, 2.05) is 6.92 Å². The van der Waals surface area contributed by atoms with Crippen LogP contribution in [0.1, 0.15) is 5.56 Å². The van der Waals surface area contributed by atoms with Crippen LogP contribution in [0.4, 0.5) is 0 Å². The minimum atomic E-state index is 0.152. The molecule has 0 aliphatic heterocycles. The summed E-state index contributed by atoms with van der Waals surface area (Å²) in [4.78, 5) is 7.98.